The van der Waals surface area contributed by atoms with Crippen LogP contribution in [0.2, 0.25) is 0 Å². The molecule has 2 heterocycles. The third-order valence-corrected chi connectivity index (χ3v) is 4.44. The quantitative estimate of drug-likeness (QED) is 0.707. The van der Waals surface area contributed by atoms with Gasteiger partial charge in [0, 0.05) is 43.1 Å². The summed E-state index contributed by atoms with van der Waals surface area (Å²) in [6.07, 6.45) is 0. The highest BCUT2D eigenvalue weighted by Crippen LogP contribution is 2.15. The second-order valence-corrected chi connectivity index (χ2v) is 6.37. The van der Waals surface area contributed by atoms with Crippen LogP contribution in [0.5, 0.6) is 0 Å². The highest BCUT2D eigenvalue weighted by molar-refractivity contribution is 9.10. The van der Waals surface area contributed by atoms with Gasteiger partial charge in [0.1, 0.15) is 0 Å². The molecule has 1 fully saturated rings. The van der Waals surface area contributed by atoms with Crippen molar-refractivity contribution in [3.05, 3.63) is 50.9 Å². The van der Waals surface area contributed by atoms with Crippen LogP contribution in [0.1, 0.15) is 26.5 Å². The lowest BCUT2D eigenvalue weighted by molar-refractivity contribution is -0.806. The average Bonchev–Trinajstić information content (AvgIpc) is 2.93. The summed E-state index contributed by atoms with van der Waals surface area (Å²) in [4.78, 5) is 28.3. The normalized spacial score (nSPS) is 14.8. The number of halogens is 1. The number of hydrogen-bond acceptors (Lipinski definition) is 5. The molecule has 1 aromatic heterocycles. The maximum atomic E-state index is 12.5. The van der Waals surface area contributed by atoms with Crippen molar-refractivity contribution in [2.24, 2.45) is 0 Å². The van der Waals surface area contributed by atoms with Gasteiger partial charge in [-0.1, -0.05) is 22.0 Å². The van der Waals surface area contributed by atoms with E-state index in [9.17, 15) is 14.8 Å². The van der Waals surface area contributed by atoms with E-state index in [4.69, 9.17) is 0 Å². The molecule has 1 aliphatic rings. The summed E-state index contributed by atoms with van der Waals surface area (Å²) in [5.74, 6) is -0.432. The van der Waals surface area contributed by atoms with Crippen molar-refractivity contribution in [1.29, 1.82) is 0 Å². The third kappa shape index (κ3) is 3.12. The molecule has 2 amide bonds. The van der Waals surface area contributed by atoms with E-state index in [1.165, 1.54) is 6.92 Å². The fraction of sp³-hybridized carbons (Fsp3) is 0.333. The molecule has 3 rings (SSSR count). The van der Waals surface area contributed by atoms with Gasteiger partial charge in [0.05, 0.1) is 5.16 Å². The number of hydrogen-bond donors (Lipinski definition) is 0. The number of rotatable bonds is 2. The molecular weight excluding hydrogens is 380 g/mol. The predicted octanol–water partition coefficient (Wildman–Crippen LogP) is 0.977. The molecule has 1 aromatic carbocycles. The second kappa shape index (κ2) is 6.60. The summed E-state index contributed by atoms with van der Waals surface area (Å²) in [5.41, 5.74) is 0.744. The van der Waals surface area contributed by atoms with Gasteiger partial charge in [-0.15, -0.1) is 0 Å². The standard InChI is InChI=1S/C15H15BrN4O4/c1-10-13(17-24-20(10)23)15(22)19-7-5-18(6-8-19)14(21)11-3-2-4-12(16)9-11/h2-4,9H,5-8H2,1H3. The molecule has 1 saturated heterocycles. The summed E-state index contributed by atoms with van der Waals surface area (Å²) >= 11 is 3.35. The van der Waals surface area contributed by atoms with E-state index in [0.29, 0.717) is 31.7 Å². The van der Waals surface area contributed by atoms with E-state index in [1.54, 1.807) is 21.9 Å². The Hall–Kier alpha value is -2.42. The van der Waals surface area contributed by atoms with Crippen LogP contribution in [0.4, 0.5) is 0 Å². The summed E-state index contributed by atoms with van der Waals surface area (Å²) in [5, 5.41) is 14.7. The Morgan fingerprint density at radius 3 is 2.38 bits per heavy atom. The van der Waals surface area contributed by atoms with Crippen molar-refractivity contribution >= 4 is 27.7 Å². The van der Waals surface area contributed by atoms with Crippen LogP contribution in [-0.2, 0) is 0 Å². The van der Waals surface area contributed by atoms with Crippen molar-refractivity contribution in [1.82, 2.24) is 15.0 Å². The first-order chi connectivity index (χ1) is 11.5. The molecular formula is C15H15BrN4O4. The van der Waals surface area contributed by atoms with Gasteiger partial charge < -0.3 is 15.0 Å². The van der Waals surface area contributed by atoms with Gasteiger partial charge in [-0.2, -0.15) is 0 Å². The number of benzene rings is 1. The largest absolute Gasteiger partial charge is 0.359 e. The number of carbonyl (C=O) groups excluding carboxylic acids is 2. The van der Waals surface area contributed by atoms with E-state index < -0.39 is 0 Å². The monoisotopic (exact) mass is 394 g/mol. The van der Waals surface area contributed by atoms with Crippen molar-refractivity contribution < 1.29 is 19.1 Å². The number of aromatic nitrogens is 2. The van der Waals surface area contributed by atoms with E-state index in [-0.39, 0.29) is 28.1 Å². The van der Waals surface area contributed by atoms with Gasteiger partial charge in [0.25, 0.3) is 5.91 Å². The lowest BCUT2D eigenvalue weighted by Gasteiger charge is -2.34. The molecule has 0 atom stereocenters. The van der Waals surface area contributed by atoms with Crippen LogP contribution < -0.4 is 4.90 Å². The number of piperazine rings is 1. The molecule has 0 unspecified atom stereocenters. The molecule has 0 spiro atoms. The maximum absolute atomic E-state index is 12.5. The van der Waals surface area contributed by atoms with Crippen LogP contribution >= 0.6 is 15.9 Å². The van der Waals surface area contributed by atoms with Gasteiger partial charge in [-0.05, 0) is 23.1 Å². The summed E-state index contributed by atoms with van der Waals surface area (Å²) in [7, 11) is 0. The lowest BCUT2D eigenvalue weighted by atomic mass is 10.1. The first-order valence-electron chi connectivity index (χ1n) is 7.38. The molecule has 9 heteroatoms. The van der Waals surface area contributed by atoms with Crippen molar-refractivity contribution in [3.8, 4) is 0 Å². The Balaban J connectivity index is 1.64. The zero-order chi connectivity index (χ0) is 17.3. The minimum atomic E-state index is -0.361. The number of nitrogens with zero attached hydrogens (tertiary/aromatic N) is 4. The molecule has 0 bridgehead atoms. The SMILES string of the molecule is Cc1c(C(=O)N2CCN(C(=O)c3cccc(Br)c3)CC2)no[n+]1[O-]. The number of amides is 2. The molecule has 8 nitrogen and oxygen atoms in total. The van der Waals surface area contributed by atoms with E-state index >= 15 is 0 Å². The van der Waals surface area contributed by atoms with Gasteiger partial charge in [-0.25, -0.2) is 0 Å². The maximum Gasteiger partial charge on any atom is 0.308 e. The topological polar surface area (TPSA) is 93.6 Å². The third-order valence-electron chi connectivity index (χ3n) is 3.95. The molecule has 0 saturated carbocycles. The number of carbonyl (C=O) groups is 2. The zero-order valence-electron chi connectivity index (χ0n) is 12.9. The fourth-order valence-electron chi connectivity index (χ4n) is 2.55. The van der Waals surface area contributed by atoms with Crippen LogP contribution in [0.3, 0.4) is 0 Å². The smallest absolute Gasteiger partial charge is 0.308 e. The first kappa shape index (κ1) is 16.4. The lowest BCUT2D eigenvalue weighted by Crippen LogP contribution is -2.50. The second-order valence-electron chi connectivity index (χ2n) is 5.46. The molecule has 0 radical (unpaired) electrons. The van der Waals surface area contributed by atoms with Gasteiger partial charge in [0.2, 0.25) is 5.69 Å². The molecule has 0 aliphatic carbocycles. The summed E-state index contributed by atoms with van der Waals surface area (Å²) in [6, 6.07) is 7.19. The molecule has 24 heavy (non-hydrogen) atoms. The minimum Gasteiger partial charge on any atom is -0.359 e. The Morgan fingerprint density at radius 1 is 1.21 bits per heavy atom. The van der Waals surface area contributed by atoms with Crippen molar-refractivity contribution in [3.63, 3.8) is 0 Å². The van der Waals surface area contributed by atoms with Crippen LogP contribution in [0.15, 0.2) is 33.4 Å². The van der Waals surface area contributed by atoms with E-state index in [2.05, 4.69) is 25.7 Å². The molecule has 1 aliphatic heterocycles. The molecule has 126 valence electrons. The van der Waals surface area contributed by atoms with Crippen LogP contribution in [0.25, 0.3) is 0 Å². The Labute approximate surface area is 146 Å². The van der Waals surface area contributed by atoms with Crippen LogP contribution in [-0.4, -0.2) is 52.9 Å². The molecule has 0 N–H and O–H groups in total. The minimum absolute atomic E-state index is 0.0109. The van der Waals surface area contributed by atoms with Crippen molar-refractivity contribution in [2.45, 2.75) is 6.92 Å². The first-order valence-corrected chi connectivity index (χ1v) is 8.17. The summed E-state index contributed by atoms with van der Waals surface area (Å²) in [6.45, 7) is 3.08. The van der Waals surface area contributed by atoms with Crippen molar-refractivity contribution in [2.75, 3.05) is 26.2 Å². The highest BCUT2D eigenvalue weighted by Gasteiger charge is 2.31. The Morgan fingerprint density at radius 2 is 1.83 bits per heavy atom. The Kier molecular flexibility index (Phi) is 4.52. The average molecular weight is 395 g/mol. The van der Waals surface area contributed by atoms with E-state index in [1.807, 2.05) is 12.1 Å². The summed E-state index contributed by atoms with van der Waals surface area (Å²) < 4.78 is 5.27. The predicted molar refractivity (Wildman–Crippen MR) is 86.1 cm³/mol. The van der Waals surface area contributed by atoms with E-state index in [0.717, 1.165) is 4.47 Å². The van der Waals surface area contributed by atoms with Gasteiger partial charge in [0.15, 0.2) is 0 Å². The fourth-order valence-corrected chi connectivity index (χ4v) is 2.95. The van der Waals surface area contributed by atoms with Gasteiger partial charge >= 0.3 is 11.6 Å². The van der Waals surface area contributed by atoms with Gasteiger partial charge in [-0.3, -0.25) is 14.2 Å². The zero-order valence-corrected chi connectivity index (χ0v) is 14.5. The molecule has 2 aromatic rings. The Bertz CT molecular complexity index is 784. The highest BCUT2D eigenvalue weighted by atomic mass is 79.9. The van der Waals surface area contributed by atoms with Crippen LogP contribution in [0, 0.1) is 12.1 Å².